The molecule has 19 heavy (non-hydrogen) atoms. The summed E-state index contributed by atoms with van der Waals surface area (Å²) in [7, 11) is 0. The van der Waals surface area contributed by atoms with Crippen molar-refractivity contribution in [2.24, 2.45) is 0 Å². The lowest BCUT2D eigenvalue weighted by Crippen LogP contribution is -2.13. The maximum Gasteiger partial charge on any atom is 0.257 e. The van der Waals surface area contributed by atoms with Gasteiger partial charge in [0.2, 0.25) is 0 Å². The Morgan fingerprint density at radius 3 is 2.47 bits per heavy atom. The van der Waals surface area contributed by atoms with Gasteiger partial charge >= 0.3 is 0 Å². The van der Waals surface area contributed by atoms with Crippen LogP contribution in [0.2, 0.25) is 0 Å². The number of nitrogens with two attached hydrogens (primary N) is 1. The standard InChI is InChI=1S/C14H14N2O3/c15-13-6-5-11(18)7-12(13)14(19)16-10-3-1-9(8-17)2-4-10/h1-7,17-18H,8,15H2,(H,16,19). The van der Waals surface area contributed by atoms with Crippen molar-refractivity contribution in [2.45, 2.75) is 6.61 Å². The number of hydrogen-bond acceptors (Lipinski definition) is 4. The molecule has 0 aliphatic carbocycles. The summed E-state index contributed by atoms with van der Waals surface area (Å²) < 4.78 is 0. The number of phenols is 1. The number of aromatic hydroxyl groups is 1. The Morgan fingerprint density at radius 1 is 1.16 bits per heavy atom. The summed E-state index contributed by atoms with van der Waals surface area (Å²) >= 11 is 0. The van der Waals surface area contributed by atoms with Crippen LogP contribution in [-0.4, -0.2) is 16.1 Å². The lowest BCUT2D eigenvalue weighted by molar-refractivity contribution is 0.102. The number of aliphatic hydroxyl groups excluding tert-OH is 1. The number of hydrogen-bond donors (Lipinski definition) is 4. The molecule has 1 amide bonds. The molecule has 0 heterocycles. The highest BCUT2D eigenvalue weighted by Gasteiger charge is 2.10. The molecule has 5 N–H and O–H groups in total. The van der Waals surface area contributed by atoms with E-state index in [1.54, 1.807) is 24.3 Å². The Morgan fingerprint density at radius 2 is 1.84 bits per heavy atom. The van der Waals surface area contributed by atoms with Crippen molar-refractivity contribution in [3.05, 3.63) is 53.6 Å². The van der Waals surface area contributed by atoms with Gasteiger partial charge in [-0.2, -0.15) is 0 Å². The Hall–Kier alpha value is -2.53. The van der Waals surface area contributed by atoms with Gasteiger partial charge in [0.25, 0.3) is 5.91 Å². The number of anilines is 2. The summed E-state index contributed by atoms with van der Waals surface area (Å²) in [5.74, 6) is -0.417. The average Bonchev–Trinajstić information content (AvgIpc) is 2.42. The van der Waals surface area contributed by atoms with Gasteiger partial charge in [0.15, 0.2) is 0 Å². The first-order valence-corrected chi connectivity index (χ1v) is 5.70. The molecule has 2 aromatic carbocycles. The van der Waals surface area contributed by atoms with E-state index < -0.39 is 5.91 Å². The fraction of sp³-hybridized carbons (Fsp3) is 0.0714. The van der Waals surface area contributed by atoms with Gasteiger partial charge in [-0.25, -0.2) is 0 Å². The zero-order valence-electron chi connectivity index (χ0n) is 10.1. The second kappa shape index (κ2) is 5.41. The molecule has 0 saturated heterocycles. The molecule has 0 aromatic heterocycles. The number of amides is 1. The largest absolute Gasteiger partial charge is 0.508 e. The third-order valence-electron chi connectivity index (χ3n) is 2.68. The van der Waals surface area contributed by atoms with E-state index in [9.17, 15) is 9.90 Å². The SMILES string of the molecule is Nc1ccc(O)cc1C(=O)Nc1ccc(CO)cc1. The van der Waals surface area contributed by atoms with Gasteiger partial charge in [0, 0.05) is 11.4 Å². The third-order valence-corrected chi connectivity index (χ3v) is 2.68. The van der Waals surface area contributed by atoms with E-state index in [1.165, 1.54) is 18.2 Å². The first-order chi connectivity index (χ1) is 9.10. The van der Waals surface area contributed by atoms with E-state index in [0.29, 0.717) is 11.4 Å². The Balaban J connectivity index is 2.18. The summed E-state index contributed by atoms with van der Waals surface area (Å²) in [6.07, 6.45) is 0. The molecule has 98 valence electrons. The Kier molecular flexibility index (Phi) is 3.68. The lowest BCUT2D eigenvalue weighted by Gasteiger charge is -2.08. The van der Waals surface area contributed by atoms with Crippen molar-refractivity contribution < 1.29 is 15.0 Å². The number of nitrogens with one attached hydrogen (secondary N) is 1. The average molecular weight is 258 g/mol. The predicted octanol–water partition coefficient (Wildman–Crippen LogP) is 1.72. The fourth-order valence-electron chi connectivity index (χ4n) is 1.63. The molecule has 0 aliphatic heterocycles. The van der Waals surface area contributed by atoms with Crippen molar-refractivity contribution >= 4 is 17.3 Å². The van der Waals surface area contributed by atoms with Crippen LogP contribution in [0.4, 0.5) is 11.4 Å². The zero-order valence-corrected chi connectivity index (χ0v) is 10.1. The molecule has 0 spiro atoms. The maximum atomic E-state index is 12.0. The van der Waals surface area contributed by atoms with E-state index >= 15 is 0 Å². The monoisotopic (exact) mass is 258 g/mol. The number of carbonyl (C=O) groups is 1. The molecule has 5 heteroatoms. The fourth-order valence-corrected chi connectivity index (χ4v) is 1.63. The third kappa shape index (κ3) is 3.02. The molecule has 0 aliphatic rings. The quantitative estimate of drug-likeness (QED) is 0.498. The Bertz CT molecular complexity index is 594. The molecule has 0 atom stereocenters. The van der Waals surface area contributed by atoms with E-state index in [2.05, 4.69) is 5.32 Å². The van der Waals surface area contributed by atoms with Crippen LogP contribution < -0.4 is 11.1 Å². The summed E-state index contributed by atoms with van der Waals surface area (Å²) in [6, 6.07) is 11.0. The first-order valence-electron chi connectivity index (χ1n) is 5.70. The van der Waals surface area contributed by atoms with E-state index in [-0.39, 0.29) is 17.9 Å². The second-order valence-corrected chi connectivity index (χ2v) is 4.08. The van der Waals surface area contributed by atoms with Gasteiger partial charge in [-0.05, 0) is 35.9 Å². The highest BCUT2D eigenvalue weighted by atomic mass is 16.3. The van der Waals surface area contributed by atoms with Crippen LogP contribution in [-0.2, 0) is 6.61 Å². The number of benzene rings is 2. The summed E-state index contributed by atoms with van der Waals surface area (Å²) in [5, 5.41) is 20.9. The van der Waals surface area contributed by atoms with Crippen molar-refractivity contribution in [1.29, 1.82) is 0 Å². The summed E-state index contributed by atoms with van der Waals surface area (Å²) in [5.41, 5.74) is 7.54. The van der Waals surface area contributed by atoms with Gasteiger partial charge in [0.05, 0.1) is 12.2 Å². The van der Waals surface area contributed by atoms with Gasteiger partial charge < -0.3 is 21.3 Å². The number of aliphatic hydroxyl groups is 1. The number of carbonyl (C=O) groups excluding carboxylic acids is 1. The van der Waals surface area contributed by atoms with Gasteiger partial charge in [-0.15, -0.1) is 0 Å². The van der Waals surface area contributed by atoms with Crippen LogP contribution in [0.15, 0.2) is 42.5 Å². The molecule has 0 unspecified atom stereocenters. The zero-order chi connectivity index (χ0) is 13.8. The highest BCUT2D eigenvalue weighted by Crippen LogP contribution is 2.20. The summed E-state index contributed by atoms with van der Waals surface area (Å²) in [6.45, 7) is -0.0479. The van der Waals surface area contributed by atoms with Crippen LogP contribution in [0.3, 0.4) is 0 Å². The number of rotatable bonds is 3. The minimum Gasteiger partial charge on any atom is -0.508 e. The van der Waals surface area contributed by atoms with Crippen LogP contribution >= 0.6 is 0 Å². The molecule has 0 bridgehead atoms. The van der Waals surface area contributed by atoms with E-state index in [1.807, 2.05) is 0 Å². The van der Waals surface area contributed by atoms with Crippen molar-refractivity contribution in [1.82, 2.24) is 0 Å². The molecule has 0 saturated carbocycles. The minimum atomic E-state index is -0.398. The van der Waals surface area contributed by atoms with Crippen LogP contribution in [0.1, 0.15) is 15.9 Å². The van der Waals surface area contributed by atoms with Gasteiger partial charge in [0.1, 0.15) is 5.75 Å². The maximum absolute atomic E-state index is 12.0. The van der Waals surface area contributed by atoms with E-state index in [0.717, 1.165) is 5.56 Å². The van der Waals surface area contributed by atoms with Gasteiger partial charge in [-0.3, -0.25) is 4.79 Å². The van der Waals surface area contributed by atoms with Crippen LogP contribution in [0.5, 0.6) is 5.75 Å². The van der Waals surface area contributed by atoms with E-state index in [4.69, 9.17) is 10.8 Å². The molecular formula is C14H14N2O3. The van der Waals surface area contributed by atoms with Crippen LogP contribution in [0.25, 0.3) is 0 Å². The molecule has 2 aromatic rings. The normalized spacial score (nSPS) is 10.2. The van der Waals surface area contributed by atoms with Crippen molar-refractivity contribution in [2.75, 3.05) is 11.1 Å². The topological polar surface area (TPSA) is 95.6 Å². The van der Waals surface area contributed by atoms with Crippen LogP contribution in [0, 0.1) is 0 Å². The smallest absolute Gasteiger partial charge is 0.257 e. The number of phenolic OH excluding ortho intramolecular Hbond substituents is 1. The molecule has 0 fully saturated rings. The van der Waals surface area contributed by atoms with Crippen molar-refractivity contribution in [3.63, 3.8) is 0 Å². The second-order valence-electron chi connectivity index (χ2n) is 4.08. The summed E-state index contributed by atoms with van der Waals surface area (Å²) in [4.78, 5) is 12.0. The number of nitrogen functional groups attached to an aromatic ring is 1. The predicted molar refractivity (Wildman–Crippen MR) is 72.8 cm³/mol. The Labute approximate surface area is 110 Å². The first kappa shape index (κ1) is 12.9. The minimum absolute atomic E-state index is 0.0185. The molecule has 2 rings (SSSR count). The molecular weight excluding hydrogens is 244 g/mol. The van der Waals surface area contributed by atoms with Gasteiger partial charge in [-0.1, -0.05) is 12.1 Å². The lowest BCUT2D eigenvalue weighted by atomic mass is 10.1. The molecule has 5 nitrogen and oxygen atoms in total. The molecule has 0 radical (unpaired) electrons. The highest BCUT2D eigenvalue weighted by molar-refractivity contribution is 6.07. The van der Waals surface area contributed by atoms with Crippen molar-refractivity contribution in [3.8, 4) is 5.75 Å².